The van der Waals surface area contributed by atoms with Gasteiger partial charge in [0.05, 0.1) is 0 Å². The zero-order valence-electron chi connectivity index (χ0n) is 13.9. The highest BCUT2D eigenvalue weighted by atomic mass is 16.5. The molecule has 6 heteroatoms. The zero-order chi connectivity index (χ0) is 15.2. The Kier molecular flexibility index (Phi) is 5.99. The molecule has 1 aliphatic rings. The average molecular weight is 295 g/mol. The molecular formula is C15H29N5O. The zero-order valence-corrected chi connectivity index (χ0v) is 13.9. The van der Waals surface area contributed by atoms with Crippen LogP contribution in [0.3, 0.4) is 0 Å². The van der Waals surface area contributed by atoms with Crippen LogP contribution in [0, 0.1) is 0 Å². The van der Waals surface area contributed by atoms with Crippen molar-refractivity contribution in [2.24, 2.45) is 0 Å². The Morgan fingerprint density at radius 2 is 1.90 bits per heavy atom. The van der Waals surface area contributed by atoms with Crippen LogP contribution in [0.15, 0.2) is 4.52 Å². The molecule has 1 aliphatic heterocycles. The lowest BCUT2D eigenvalue weighted by atomic mass is 10.0. The van der Waals surface area contributed by atoms with Crippen molar-refractivity contribution in [1.29, 1.82) is 0 Å². The van der Waals surface area contributed by atoms with Gasteiger partial charge in [0.1, 0.15) is 0 Å². The maximum atomic E-state index is 5.28. The van der Waals surface area contributed by atoms with E-state index in [0.29, 0.717) is 6.04 Å². The number of anilines is 1. The minimum absolute atomic E-state index is 0.670. The lowest BCUT2D eigenvalue weighted by Gasteiger charge is -2.36. The number of hydrogen-bond acceptors (Lipinski definition) is 6. The van der Waals surface area contributed by atoms with E-state index in [-0.39, 0.29) is 0 Å². The molecule has 1 aromatic heterocycles. The molecule has 0 saturated carbocycles. The van der Waals surface area contributed by atoms with Crippen LogP contribution in [-0.4, -0.2) is 73.3 Å². The molecule has 2 heterocycles. The molecule has 0 amide bonds. The molecule has 120 valence electrons. The molecule has 0 atom stereocenters. The summed E-state index contributed by atoms with van der Waals surface area (Å²) in [4.78, 5) is 11.4. The molecule has 0 bridgehead atoms. The Labute approximate surface area is 128 Å². The van der Waals surface area contributed by atoms with Crippen molar-refractivity contribution in [2.75, 3.05) is 52.2 Å². The molecule has 1 fully saturated rings. The van der Waals surface area contributed by atoms with Gasteiger partial charge >= 0.3 is 0 Å². The molecule has 6 nitrogen and oxygen atoms in total. The van der Waals surface area contributed by atoms with Crippen molar-refractivity contribution >= 4 is 5.95 Å². The summed E-state index contributed by atoms with van der Waals surface area (Å²) in [6.07, 6.45) is 4.25. The number of hydrogen-bond donors (Lipinski definition) is 0. The Bertz CT molecular complexity index is 412. The standard InChI is InChI=1S/C15H29N5O/c1-5-6-14-16-15(17-21-14)20-9-7-13(8-10-20)19(4)12-11-18(2)3/h13H,5-12H2,1-4H3. The van der Waals surface area contributed by atoms with Crippen LogP contribution in [0.1, 0.15) is 32.1 Å². The van der Waals surface area contributed by atoms with Gasteiger partial charge in [-0.3, -0.25) is 0 Å². The van der Waals surface area contributed by atoms with Crippen molar-refractivity contribution in [3.63, 3.8) is 0 Å². The smallest absolute Gasteiger partial charge is 0.266 e. The van der Waals surface area contributed by atoms with E-state index in [0.717, 1.165) is 50.9 Å². The van der Waals surface area contributed by atoms with E-state index in [1.165, 1.54) is 12.8 Å². The van der Waals surface area contributed by atoms with Crippen LogP contribution in [0.5, 0.6) is 0 Å². The molecule has 1 aromatic rings. The molecule has 0 aromatic carbocycles. The summed E-state index contributed by atoms with van der Waals surface area (Å²) in [7, 11) is 6.48. The fourth-order valence-corrected chi connectivity index (χ4v) is 2.74. The monoisotopic (exact) mass is 295 g/mol. The molecule has 21 heavy (non-hydrogen) atoms. The second kappa shape index (κ2) is 7.75. The van der Waals surface area contributed by atoms with E-state index in [1.807, 2.05) is 0 Å². The number of aryl methyl sites for hydroxylation is 1. The molecule has 0 radical (unpaired) electrons. The quantitative estimate of drug-likeness (QED) is 0.759. The fourth-order valence-electron chi connectivity index (χ4n) is 2.74. The second-order valence-corrected chi connectivity index (χ2v) is 6.24. The number of likely N-dealkylation sites (N-methyl/N-ethyl adjacent to an activating group) is 2. The van der Waals surface area contributed by atoms with Gasteiger partial charge < -0.3 is 19.2 Å². The van der Waals surface area contributed by atoms with Crippen LogP contribution in [0.2, 0.25) is 0 Å². The van der Waals surface area contributed by atoms with E-state index in [2.05, 4.69) is 52.9 Å². The maximum Gasteiger partial charge on any atom is 0.266 e. The molecule has 0 spiro atoms. The summed E-state index contributed by atoms with van der Waals surface area (Å²) in [6, 6.07) is 0.670. The molecule has 1 saturated heterocycles. The molecular weight excluding hydrogens is 266 g/mol. The van der Waals surface area contributed by atoms with Crippen LogP contribution in [0.25, 0.3) is 0 Å². The van der Waals surface area contributed by atoms with Gasteiger partial charge in [0.2, 0.25) is 5.89 Å². The summed E-state index contributed by atoms with van der Waals surface area (Å²) in [5.74, 6) is 1.53. The van der Waals surface area contributed by atoms with Crippen LogP contribution >= 0.6 is 0 Å². The van der Waals surface area contributed by atoms with Gasteiger partial charge in [-0.2, -0.15) is 4.98 Å². The molecule has 0 unspecified atom stereocenters. The largest absolute Gasteiger partial charge is 0.338 e. The second-order valence-electron chi connectivity index (χ2n) is 6.24. The van der Waals surface area contributed by atoms with E-state index in [1.54, 1.807) is 0 Å². The van der Waals surface area contributed by atoms with Gasteiger partial charge in [0, 0.05) is 38.6 Å². The van der Waals surface area contributed by atoms with Gasteiger partial charge in [-0.05, 0) is 45.6 Å². The van der Waals surface area contributed by atoms with Gasteiger partial charge in [0.15, 0.2) is 0 Å². The SMILES string of the molecule is CCCc1nc(N2CCC(N(C)CCN(C)C)CC2)no1. The van der Waals surface area contributed by atoms with E-state index in [4.69, 9.17) is 4.52 Å². The average Bonchev–Trinajstić information content (AvgIpc) is 2.94. The van der Waals surface area contributed by atoms with Crippen LogP contribution in [-0.2, 0) is 6.42 Å². The maximum absolute atomic E-state index is 5.28. The number of aromatic nitrogens is 2. The van der Waals surface area contributed by atoms with Crippen molar-refractivity contribution in [1.82, 2.24) is 19.9 Å². The Morgan fingerprint density at radius 3 is 2.52 bits per heavy atom. The van der Waals surface area contributed by atoms with Crippen molar-refractivity contribution < 1.29 is 4.52 Å². The first-order chi connectivity index (χ1) is 10.1. The van der Waals surface area contributed by atoms with Gasteiger partial charge in [-0.15, -0.1) is 0 Å². The number of nitrogens with zero attached hydrogens (tertiary/aromatic N) is 5. The Balaban J connectivity index is 1.79. The fraction of sp³-hybridized carbons (Fsp3) is 0.867. The molecule has 0 N–H and O–H groups in total. The predicted octanol–water partition coefficient (Wildman–Crippen LogP) is 1.48. The number of piperidine rings is 1. The Hall–Kier alpha value is -1.14. The summed E-state index contributed by atoms with van der Waals surface area (Å²) >= 11 is 0. The topological polar surface area (TPSA) is 48.6 Å². The first kappa shape index (κ1) is 16.2. The highest BCUT2D eigenvalue weighted by Gasteiger charge is 2.24. The summed E-state index contributed by atoms with van der Waals surface area (Å²) in [5.41, 5.74) is 0. The van der Waals surface area contributed by atoms with E-state index in [9.17, 15) is 0 Å². The van der Waals surface area contributed by atoms with Crippen molar-refractivity contribution in [3.8, 4) is 0 Å². The van der Waals surface area contributed by atoms with E-state index < -0.39 is 0 Å². The highest BCUT2D eigenvalue weighted by Crippen LogP contribution is 2.20. The lowest BCUT2D eigenvalue weighted by molar-refractivity contribution is 0.189. The Morgan fingerprint density at radius 1 is 1.19 bits per heavy atom. The van der Waals surface area contributed by atoms with E-state index >= 15 is 0 Å². The van der Waals surface area contributed by atoms with Crippen LogP contribution in [0.4, 0.5) is 5.95 Å². The summed E-state index contributed by atoms with van der Waals surface area (Å²) < 4.78 is 5.28. The third kappa shape index (κ3) is 4.68. The summed E-state index contributed by atoms with van der Waals surface area (Å²) in [5, 5.41) is 4.11. The summed E-state index contributed by atoms with van der Waals surface area (Å²) in [6.45, 7) is 6.39. The third-order valence-electron chi connectivity index (χ3n) is 4.19. The van der Waals surface area contributed by atoms with Crippen molar-refractivity contribution in [2.45, 2.75) is 38.6 Å². The van der Waals surface area contributed by atoms with Gasteiger partial charge in [-0.25, -0.2) is 0 Å². The highest BCUT2D eigenvalue weighted by molar-refractivity contribution is 5.28. The third-order valence-corrected chi connectivity index (χ3v) is 4.19. The molecule has 0 aliphatic carbocycles. The lowest BCUT2D eigenvalue weighted by Crippen LogP contribution is -2.45. The first-order valence-electron chi connectivity index (χ1n) is 8.02. The van der Waals surface area contributed by atoms with Crippen LogP contribution < -0.4 is 4.90 Å². The van der Waals surface area contributed by atoms with Gasteiger partial charge in [-0.1, -0.05) is 6.92 Å². The first-order valence-corrected chi connectivity index (χ1v) is 8.02. The predicted molar refractivity (Wildman–Crippen MR) is 84.7 cm³/mol. The van der Waals surface area contributed by atoms with Crippen molar-refractivity contribution in [3.05, 3.63) is 5.89 Å². The molecule has 2 rings (SSSR count). The van der Waals surface area contributed by atoms with Gasteiger partial charge in [0.25, 0.3) is 5.95 Å². The number of rotatable bonds is 7. The minimum Gasteiger partial charge on any atom is -0.338 e. The minimum atomic E-state index is 0.670. The normalized spacial score (nSPS) is 17.1.